The number of nitrogens with zero attached hydrogens (tertiary/aromatic N) is 2. The van der Waals surface area contributed by atoms with Crippen molar-refractivity contribution in [3.05, 3.63) is 81.5 Å². The SMILES string of the molecule is COc1cccc(CNC(=O)c2nc(C(c3ccccc3)N3CCCCC3)[nH]c(=O)c2O)c1OC. The lowest BCUT2D eigenvalue weighted by Crippen LogP contribution is -2.37. The van der Waals surface area contributed by atoms with Gasteiger partial charge in [-0.25, -0.2) is 4.98 Å². The molecule has 3 aromatic rings. The maximum absolute atomic E-state index is 13.1. The molecule has 2 aromatic carbocycles. The van der Waals surface area contributed by atoms with Crippen molar-refractivity contribution in [2.45, 2.75) is 31.8 Å². The van der Waals surface area contributed by atoms with Crippen molar-refractivity contribution in [2.75, 3.05) is 27.3 Å². The number of para-hydroxylation sites is 1. The summed E-state index contributed by atoms with van der Waals surface area (Å²) < 4.78 is 10.7. The van der Waals surface area contributed by atoms with Gasteiger partial charge in [-0.05, 0) is 37.6 Å². The average Bonchev–Trinajstić information content (AvgIpc) is 2.90. The van der Waals surface area contributed by atoms with Crippen LogP contribution in [0.4, 0.5) is 0 Å². The number of benzene rings is 2. The fourth-order valence-corrected chi connectivity index (χ4v) is 4.48. The lowest BCUT2D eigenvalue weighted by atomic mass is 10.0. The van der Waals surface area contributed by atoms with E-state index in [0.717, 1.165) is 37.9 Å². The van der Waals surface area contributed by atoms with Crippen molar-refractivity contribution in [3.63, 3.8) is 0 Å². The van der Waals surface area contributed by atoms with Gasteiger partial charge >= 0.3 is 0 Å². The summed E-state index contributed by atoms with van der Waals surface area (Å²) in [7, 11) is 3.05. The standard InChI is InChI=1S/C26H30N4O5/c1-34-19-13-9-12-18(23(19)35-2)16-27-25(32)20-22(31)26(33)29-24(28-20)21(17-10-5-3-6-11-17)30-14-7-4-8-15-30/h3,5-6,9-13,21,31H,4,7-8,14-16H2,1-2H3,(H,27,32)(H,28,29,33). The maximum atomic E-state index is 13.1. The second-order valence-corrected chi connectivity index (χ2v) is 8.39. The van der Waals surface area contributed by atoms with E-state index in [9.17, 15) is 14.7 Å². The Bertz CT molecular complexity index is 1220. The molecule has 4 rings (SSSR count). The predicted octanol–water partition coefficient (Wildman–Crippen LogP) is 3.00. The molecular formula is C26H30N4O5. The van der Waals surface area contributed by atoms with Crippen molar-refractivity contribution >= 4 is 5.91 Å². The Morgan fingerprint density at radius 2 is 1.83 bits per heavy atom. The first kappa shape index (κ1) is 24.3. The average molecular weight is 479 g/mol. The van der Waals surface area contributed by atoms with E-state index < -0.39 is 17.2 Å². The molecule has 1 amide bonds. The van der Waals surface area contributed by atoms with E-state index in [0.29, 0.717) is 22.9 Å². The molecular weight excluding hydrogens is 448 g/mol. The second-order valence-electron chi connectivity index (χ2n) is 8.39. The molecule has 0 aliphatic carbocycles. The largest absolute Gasteiger partial charge is 0.501 e. The Morgan fingerprint density at radius 1 is 1.09 bits per heavy atom. The Kier molecular flexibility index (Phi) is 7.67. The molecule has 1 aliphatic heterocycles. The molecule has 1 unspecified atom stereocenters. The molecule has 1 fully saturated rings. The highest BCUT2D eigenvalue weighted by Crippen LogP contribution is 2.31. The number of rotatable bonds is 8. The summed E-state index contributed by atoms with van der Waals surface area (Å²) in [6.45, 7) is 1.79. The molecule has 0 bridgehead atoms. The summed E-state index contributed by atoms with van der Waals surface area (Å²) in [5, 5.41) is 13.1. The molecule has 0 spiro atoms. The summed E-state index contributed by atoms with van der Waals surface area (Å²) in [4.78, 5) is 35.1. The van der Waals surface area contributed by atoms with E-state index in [4.69, 9.17) is 9.47 Å². The normalized spacial score (nSPS) is 14.8. The lowest BCUT2D eigenvalue weighted by molar-refractivity contribution is 0.0940. The van der Waals surface area contributed by atoms with Gasteiger partial charge in [0.05, 0.1) is 20.3 Å². The predicted molar refractivity (Wildman–Crippen MR) is 131 cm³/mol. The van der Waals surface area contributed by atoms with Crippen LogP contribution < -0.4 is 20.3 Å². The zero-order valence-electron chi connectivity index (χ0n) is 19.9. The second kappa shape index (κ2) is 11.1. The van der Waals surface area contributed by atoms with E-state index in [1.807, 2.05) is 30.3 Å². The summed E-state index contributed by atoms with van der Waals surface area (Å²) in [6.07, 6.45) is 3.24. The van der Waals surface area contributed by atoms with Crippen LogP contribution in [0.5, 0.6) is 17.2 Å². The summed E-state index contributed by atoms with van der Waals surface area (Å²) >= 11 is 0. The fraction of sp³-hybridized carbons (Fsp3) is 0.346. The third kappa shape index (κ3) is 5.30. The van der Waals surface area contributed by atoms with Gasteiger partial charge in [-0.15, -0.1) is 0 Å². The Labute approximate surface area is 203 Å². The minimum Gasteiger partial charge on any atom is -0.501 e. The van der Waals surface area contributed by atoms with Crippen LogP contribution in [0.1, 0.15) is 52.7 Å². The number of amides is 1. The number of nitrogens with one attached hydrogen (secondary N) is 2. The molecule has 2 heterocycles. The van der Waals surface area contributed by atoms with Gasteiger partial charge in [0, 0.05) is 12.1 Å². The zero-order valence-corrected chi connectivity index (χ0v) is 19.9. The van der Waals surface area contributed by atoms with Gasteiger partial charge < -0.3 is 24.9 Å². The van der Waals surface area contributed by atoms with Crippen molar-refractivity contribution in [2.24, 2.45) is 0 Å². The molecule has 1 saturated heterocycles. The van der Waals surface area contributed by atoms with Crippen molar-refractivity contribution < 1.29 is 19.4 Å². The molecule has 1 atom stereocenters. The van der Waals surface area contributed by atoms with E-state index in [1.54, 1.807) is 18.2 Å². The third-order valence-corrected chi connectivity index (χ3v) is 6.18. The van der Waals surface area contributed by atoms with Crippen LogP contribution >= 0.6 is 0 Å². The monoisotopic (exact) mass is 478 g/mol. The molecule has 9 nitrogen and oxygen atoms in total. The molecule has 1 aliphatic rings. The third-order valence-electron chi connectivity index (χ3n) is 6.18. The van der Waals surface area contributed by atoms with Gasteiger partial charge in [-0.3, -0.25) is 14.5 Å². The number of aromatic amines is 1. The number of carbonyl (C=O) groups is 1. The number of H-pyrrole nitrogens is 1. The van der Waals surface area contributed by atoms with Gasteiger partial charge in [0.2, 0.25) is 5.75 Å². The van der Waals surface area contributed by atoms with Crippen LogP contribution in [0.2, 0.25) is 0 Å². The number of hydrogen-bond acceptors (Lipinski definition) is 7. The minimum absolute atomic E-state index is 0.0939. The van der Waals surface area contributed by atoms with Crippen LogP contribution in [0.3, 0.4) is 0 Å². The van der Waals surface area contributed by atoms with Gasteiger partial charge in [-0.1, -0.05) is 48.9 Å². The zero-order chi connectivity index (χ0) is 24.8. The molecule has 0 saturated carbocycles. The first-order valence-corrected chi connectivity index (χ1v) is 11.6. The Morgan fingerprint density at radius 3 is 2.51 bits per heavy atom. The van der Waals surface area contributed by atoms with E-state index in [1.165, 1.54) is 14.2 Å². The van der Waals surface area contributed by atoms with Gasteiger partial charge in [0.25, 0.3) is 11.5 Å². The summed E-state index contributed by atoms with van der Waals surface area (Å²) in [6, 6.07) is 14.7. The van der Waals surface area contributed by atoms with Crippen LogP contribution in [0.15, 0.2) is 53.3 Å². The number of aromatic nitrogens is 2. The molecule has 184 valence electrons. The van der Waals surface area contributed by atoms with E-state index >= 15 is 0 Å². The quantitative estimate of drug-likeness (QED) is 0.456. The Balaban J connectivity index is 1.65. The van der Waals surface area contributed by atoms with Crippen molar-refractivity contribution in [1.82, 2.24) is 20.2 Å². The highest BCUT2D eigenvalue weighted by molar-refractivity contribution is 5.94. The fourth-order valence-electron chi connectivity index (χ4n) is 4.48. The van der Waals surface area contributed by atoms with E-state index in [2.05, 4.69) is 20.2 Å². The number of hydrogen-bond donors (Lipinski definition) is 3. The highest BCUT2D eigenvalue weighted by Gasteiger charge is 2.28. The molecule has 35 heavy (non-hydrogen) atoms. The molecule has 1 aromatic heterocycles. The maximum Gasteiger partial charge on any atom is 0.293 e. The summed E-state index contributed by atoms with van der Waals surface area (Å²) in [5.74, 6) is -0.0243. The number of aromatic hydroxyl groups is 1. The number of likely N-dealkylation sites (tertiary alicyclic amines) is 1. The van der Waals surface area contributed by atoms with Crippen LogP contribution in [0.25, 0.3) is 0 Å². The lowest BCUT2D eigenvalue weighted by Gasteiger charge is -2.34. The van der Waals surface area contributed by atoms with Crippen molar-refractivity contribution in [3.8, 4) is 17.2 Å². The number of piperidine rings is 1. The smallest absolute Gasteiger partial charge is 0.293 e. The van der Waals surface area contributed by atoms with Gasteiger partial charge in [0.15, 0.2) is 17.2 Å². The number of ether oxygens (including phenoxy) is 2. The molecule has 0 radical (unpaired) electrons. The first-order chi connectivity index (χ1) is 17.0. The number of methoxy groups -OCH3 is 2. The Hall–Kier alpha value is -3.85. The molecule has 3 N–H and O–H groups in total. The van der Waals surface area contributed by atoms with Gasteiger partial charge in [-0.2, -0.15) is 0 Å². The van der Waals surface area contributed by atoms with Crippen LogP contribution in [0, 0.1) is 0 Å². The highest BCUT2D eigenvalue weighted by atomic mass is 16.5. The first-order valence-electron chi connectivity index (χ1n) is 11.6. The molecule has 9 heteroatoms. The number of carbonyl (C=O) groups excluding carboxylic acids is 1. The van der Waals surface area contributed by atoms with Crippen LogP contribution in [-0.4, -0.2) is 53.2 Å². The van der Waals surface area contributed by atoms with E-state index in [-0.39, 0.29) is 18.3 Å². The topological polar surface area (TPSA) is 117 Å². The summed E-state index contributed by atoms with van der Waals surface area (Å²) in [5.41, 5.74) is 0.566. The van der Waals surface area contributed by atoms with Crippen molar-refractivity contribution in [1.29, 1.82) is 0 Å². The van der Waals surface area contributed by atoms with Crippen LogP contribution in [-0.2, 0) is 6.54 Å². The minimum atomic E-state index is -0.753. The van der Waals surface area contributed by atoms with Gasteiger partial charge in [0.1, 0.15) is 5.82 Å².